The van der Waals surface area contributed by atoms with Crippen molar-refractivity contribution in [3.8, 4) is 0 Å². The minimum Gasteiger partial charge on any atom is -0.469 e. The van der Waals surface area contributed by atoms with Crippen LogP contribution in [0.4, 0.5) is 0 Å². The van der Waals surface area contributed by atoms with Crippen molar-refractivity contribution in [2.24, 2.45) is 13.0 Å². The van der Waals surface area contributed by atoms with Gasteiger partial charge >= 0.3 is 4.87 Å². The van der Waals surface area contributed by atoms with Gasteiger partial charge < -0.3 is 14.3 Å². The lowest BCUT2D eigenvalue weighted by Gasteiger charge is -2.31. The standard InChI is InChI=1S/C21H25N3O5S2/c1-14(12-16-4-3-11-29-16)22-20(25)15-7-9-24(10-8-15)31(27,28)17-5-6-18-19(13-17)30-21(26)23(18)2/h3-6,11,13-15H,7-10,12H2,1-2H3,(H,22,25)/t14-/m0/s1. The van der Waals surface area contributed by atoms with Crippen molar-refractivity contribution >= 4 is 37.5 Å². The van der Waals surface area contributed by atoms with Gasteiger partial charge in [0.2, 0.25) is 15.9 Å². The third-order valence-corrected chi connectivity index (χ3v) is 8.59. The van der Waals surface area contributed by atoms with Crippen molar-refractivity contribution < 1.29 is 17.6 Å². The third kappa shape index (κ3) is 4.46. The summed E-state index contributed by atoms with van der Waals surface area (Å²) in [5.74, 6) is 0.549. The maximum Gasteiger partial charge on any atom is 0.307 e. The number of hydrogen-bond donors (Lipinski definition) is 1. The summed E-state index contributed by atoms with van der Waals surface area (Å²) in [5, 5.41) is 3.00. The molecular formula is C21H25N3O5S2. The van der Waals surface area contributed by atoms with Crippen LogP contribution in [0.3, 0.4) is 0 Å². The van der Waals surface area contributed by atoms with Gasteiger partial charge in [0.05, 0.1) is 21.4 Å². The number of aromatic nitrogens is 1. The first kappa shape index (κ1) is 21.8. The molecule has 1 amide bonds. The molecule has 0 radical (unpaired) electrons. The number of benzene rings is 1. The number of nitrogens with zero attached hydrogens (tertiary/aromatic N) is 2. The van der Waals surface area contributed by atoms with Crippen LogP contribution in [0.2, 0.25) is 0 Å². The van der Waals surface area contributed by atoms with Crippen LogP contribution in [-0.4, -0.2) is 42.3 Å². The Morgan fingerprint density at radius 3 is 2.71 bits per heavy atom. The summed E-state index contributed by atoms with van der Waals surface area (Å²) >= 11 is 1.03. The van der Waals surface area contributed by atoms with Crippen LogP contribution in [0.5, 0.6) is 0 Å². The highest BCUT2D eigenvalue weighted by atomic mass is 32.2. The van der Waals surface area contributed by atoms with Crippen LogP contribution in [0, 0.1) is 5.92 Å². The summed E-state index contributed by atoms with van der Waals surface area (Å²) in [6.45, 7) is 2.50. The number of sulfonamides is 1. The Kier molecular flexibility index (Phi) is 6.05. The van der Waals surface area contributed by atoms with Gasteiger partial charge in [0.1, 0.15) is 5.76 Å². The number of aryl methyl sites for hydroxylation is 1. The molecule has 3 heterocycles. The molecule has 10 heteroatoms. The van der Waals surface area contributed by atoms with Crippen LogP contribution in [0.1, 0.15) is 25.5 Å². The summed E-state index contributed by atoms with van der Waals surface area (Å²) < 4.78 is 35.1. The maximum absolute atomic E-state index is 13.1. The van der Waals surface area contributed by atoms with E-state index in [1.54, 1.807) is 31.5 Å². The lowest BCUT2D eigenvalue weighted by molar-refractivity contribution is -0.126. The van der Waals surface area contributed by atoms with Crippen molar-refractivity contribution in [2.45, 2.75) is 37.1 Å². The lowest BCUT2D eigenvalue weighted by atomic mass is 9.96. The second-order valence-corrected chi connectivity index (χ2v) is 10.9. The molecule has 31 heavy (non-hydrogen) atoms. The quantitative estimate of drug-likeness (QED) is 0.605. The predicted octanol–water partition coefficient (Wildman–Crippen LogP) is 2.34. The highest BCUT2D eigenvalue weighted by Crippen LogP contribution is 2.27. The van der Waals surface area contributed by atoms with E-state index in [0.717, 1.165) is 17.1 Å². The van der Waals surface area contributed by atoms with Gasteiger partial charge in [0, 0.05) is 38.5 Å². The molecule has 1 saturated heterocycles. The molecule has 1 atom stereocenters. The Morgan fingerprint density at radius 1 is 1.29 bits per heavy atom. The number of fused-ring (bicyclic) bond motifs is 1. The van der Waals surface area contributed by atoms with Gasteiger partial charge in [-0.3, -0.25) is 9.59 Å². The highest BCUT2D eigenvalue weighted by molar-refractivity contribution is 7.89. The molecule has 0 aliphatic carbocycles. The zero-order valence-electron chi connectivity index (χ0n) is 17.4. The lowest BCUT2D eigenvalue weighted by Crippen LogP contribution is -2.45. The van der Waals surface area contributed by atoms with Crippen molar-refractivity contribution in [2.75, 3.05) is 13.1 Å². The van der Waals surface area contributed by atoms with Gasteiger partial charge in [-0.05, 0) is 50.1 Å². The SMILES string of the molecule is C[C@@H](Cc1ccco1)NC(=O)C1CCN(S(=O)(=O)c2ccc3c(c2)sc(=O)n3C)CC1. The van der Waals surface area contributed by atoms with Crippen LogP contribution in [0.15, 0.2) is 50.7 Å². The molecule has 0 saturated carbocycles. The minimum atomic E-state index is -3.68. The van der Waals surface area contributed by atoms with Crippen molar-refractivity contribution in [1.82, 2.24) is 14.2 Å². The smallest absolute Gasteiger partial charge is 0.307 e. The molecule has 0 unspecified atom stereocenters. The van der Waals surface area contributed by atoms with Crippen molar-refractivity contribution in [3.05, 3.63) is 52.0 Å². The molecule has 8 nitrogen and oxygen atoms in total. The number of amides is 1. The average Bonchev–Trinajstić information content (AvgIpc) is 3.35. The molecule has 1 fully saturated rings. The van der Waals surface area contributed by atoms with Gasteiger partial charge in [0.15, 0.2) is 0 Å². The Bertz CT molecular complexity index is 1240. The first-order valence-electron chi connectivity index (χ1n) is 10.2. The molecule has 0 bridgehead atoms. The molecule has 1 N–H and O–H groups in total. The number of thiazole rings is 1. The molecule has 1 aliphatic rings. The first-order valence-corrected chi connectivity index (χ1v) is 12.4. The Morgan fingerprint density at radius 2 is 2.03 bits per heavy atom. The molecule has 1 aromatic carbocycles. The van der Waals surface area contributed by atoms with Crippen LogP contribution < -0.4 is 10.2 Å². The predicted molar refractivity (Wildman–Crippen MR) is 119 cm³/mol. The molecule has 0 spiro atoms. The molecule has 166 valence electrons. The largest absolute Gasteiger partial charge is 0.469 e. The number of hydrogen-bond acceptors (Lipinski definition) is 6. The molecule has 1 aliphatic heterocycles. The Balaban J connectivity index is 1.38. The number of carbonyl (C=O) groups excluding carboxylic acids is 1. The number of furan rings is 1. The highest BCUT2D eigenvalue weighted by Gasteiger charge is 2.32. The molecule has 2 aromatic heterocycles. The Hall–Kier alpha value is -2.43. The van der Waals surface area contributed by atoms with E-state index >= 15 is 0 Å². The molecular weight excluding hydrogens is 438 g/mol. The summed E-state index contributed by atoms with van der Waals surface area (Å²) in [6.07, 6.45) is 3.16. The number of nitrogens with one attached hydrogen (secondary N) is 1. The average molecular weight is 464 g/mol. The minimum absolute atomic E-state index is 0.0495. The van der Waals surface area contributed by atoms with E-state index in [9.17, 15) is 18.0 Å². The van der Waals surface area contributed by atoms with E-state index in [-0.39, 0.29) is 40.7 Å². The molecule has 4 rings (SSSR count). The van der Waals surface area contributed by atoms with Gasteiger partial charge in [-0.25, -0.2) is 8.42 Å². The zero-order chi connectivity index (χ0) is 22.2. The third-order valence-electron chi connectivity index (χ3n) is 5.70. The van der Waals surface area contributed by atoms with Crippen molar-refractivity contribution in [1.29, 1.82) is 0 Å². The second kappa shape index (κ2) is 8.60. The normalized spacial score (nSPS) is 17.1. The fourth-order valence-electron chi connectivity index (χ4n) is 3.92. The monoisotopic (exact) mass is 463 g/mol. The summed E-state index contributed by atoms with van der Waals surface area (Å²) in [5.41, 5.74) is 0.716. The Labute approximate surface area is 184 Å². The summed E-state index contributed by atoms with van der Waals surface area (Å²) in [4.78, 5) is 24.5. The van der Waals surface area contributed by atoms with Gasteiger partial charge in [-0.15, -0.1) is 0 Å². The van der Waals surface area contributed by atoms with Gasteiger partial charge in [-0.1, -0.05) is 11.3 Å². The number of carbonyl (C=O) groups is 1. The van der Waals surface area contributed by atoms with Gasteiger partial charge in [-0.2, -0.15) is 4.31 Å². The van der Waals surface area contributed by atoms with Crippen LogP contribution in [-0.2, 0) is 28.3 Å². The second-order valence-electron chi connectivity index (χ2n) is 7.93. The van der Waals surface area contributed by atoms with E-state index in [1.807, 2.05) is 19.1 Å². The van der Waals surface area contributed by atoms with E-state index in [1.165, 1.54) is 8.87 Å². The van der Waals surface area contributed by atoms with E-state index in [2.05, 4.69) is 5.32 Å². The maximum atomic E-state index is 13.1. The zero-order valence-corrected chi connectivity index (χ0v) is 19.0. The topological polar surface area (TPSA) is 102 Å². The summed E-state index contributed by atoms with van der Waals surface area (Å²) in [6, 6.07) is 8.39. The molecule has 3 aromatic rings. The van der Waals surface area contributed by atoms with E-state index in [0.29, 0.717) is 29.5 Å². The van der Waals surface area contributed by atoms with Gasteiger partial charge in [0.25, 0.3) is 0 Å². The van der Waals surface area contributed by atoms with Crippen LogP contribution in [0.25, 0.3) is 10.2 Å². The number of rotatable bonds is 6. The summed E-state index contributed by atoms with van der Waals surface area (Å²) in [7, 11) is -2.01. The van der Waals surface area contributed by atoms with Crippen molar-refractivity contribution in [3.63, 3.8) is 0 Å². The van der Waals surface area contributed by atoms with E-state index < -0.39 is 10.0 Å². The fourth-order valence-corrected chi connectivity index (χ4v) is 6.41. The fraction of sp³-hybridized carbons (Fsp3) is 0.429. The first-order chi connectivity index (χ1) is 14.8. The number of piperidine rings is 1. The van der Waals surface area contributed by atoms with E-state index in [4.69, 9.17) is 4.42 Å². The van der Waals surface area contributed by atoms with Crippen LogP contribution >= 0.6 is 11.3 Å².